The van der Waals surface area contributed by atoms with E-state index in [4.69, 9.17) is 19.2 Å². The number of esters is 1. The van der Waals surface area contributed by atoms with E-state index in [9.17, 15) is 14.4 Å². The number of pyridine rings is 1. The molecule has 1 aliphatic heterocycles. The highest BCUT2D eigenvalue weighted by molar-refractivity contribution is 6.04. The predicted octanol–water partition coefficient (Wildman–Crippen LogP) is 4.98. The molecule has 0 aliphatic carbocycles. The molecule has 11 heteroatoms. The number of amides is 2. The average molecular weight is 536 g/mol. The second-order valence-corrected chi connectivity index (χ2v) is 10.0. The van der Waals surface area contributed by atoms with Gasteiger partial charge in [-0.2, -0.15) is 0 Å². The lowest BCUT2D eigenvalue weighted by Gasteiger charge is -2.27. The molecule has 0 saturated carbocycles. The van der Waals surface area contributed by atoms with E-state index in [-0.39, 0.29) is 24.2 Å². The fourth-order valence-electron chi connectivity index (χ4n) is 4.27. The summed E-state index contributed by atoms with van der Waals surface area (Å²) in [4.78, 5) is 52.0. The lowest BCUT2D eigenvalue weighted by atomic mass is 10.1. The highest BCUT2D eigenvalue weighted by atomic mass is 16.6. The number of aromatic nitrogens is 3. The number of carbonyl (C=O) groups is 3. The molecule has 2 amide bonds. The number of hydrogen-bond donors (Lipinski definition) is 2. The van der Waals surface area contributed by atoms with E-state index in [2.05, 4.69) is 15.3 Å². The Bertz CT molecular complexity index is 1350. The molecule has 0 spiro atoms. The van der Waals surface area contributed by atoms with Gasteiger partial charge in [0.25, 0.3) is 5.91 Å². The minimum atomic E-state index is -0.634. The summed E-state index contributed by atoms with van der Waals surface area (Å²) in [6, 6.07) is 9.61. The number of ether oxygens (including phenoxy) is 3. The van der Waals surface area contributed by atoms with Crippen LogP contribution in [0, 0.1) is 0 Å². The molecule has 3 aromatic rings. The number of benzene rings is 1. The Morgan fingerprint density at radius 1 is 1.15 bits per heavy atom. The van der Waals surface area contributed by atoms with Crippen molar-refractivity contribution in [3.05, 3.63) is 59.7 Å². The maximum absolute atomic E-state index is 12.8. The van der Waals surface area contributed by atoms with Crippen molar-refractivity contribution in [2.45, 2.75) is 52.2 Å². The molecular weight excluding hydrogens is 502 g/mol. The summed E-state index contributed by atoms with van der Waals surface area (Å²) in [5, 5.41) is 2.74. The monoisotopic (exact) mass is 535 g/mol. The second kappa shape index (κ2) is 11.5. The first-order valence-corrected chi connectivity index (χ1v) is 12.8. The van der Waals surface area contributed by atoms with Gasteiger partial charge >= 0.3 is 12.1 Å². The fraction of sp³-hybridized carbons (Fsp3) is 0.393. The van der Waals surface area contributed by atoms with Crippen LogP contribution in [-0.4, -0.2) is 63.7 Å². The van der Waals surface area contributed by atoms with Gasteiger partial charge in [-0.05, 0) is 58.7 Å². The minimum Gasteiger partial charge on any atom is -0.497 e. The largest absolute Gasteiger partial charge is 0.497 e. The number of carbonyl (C=O) groups excluding carboxylic acids is 3. The lowest BCUT2D eigenvalue weighted by Crippen LogP contribution is -2.36. The van der Waals surface area contributed by atoms with Crippen LogP contribution in [-0.2, 0) is 9.47 Å². The minimum absolute atomic E-state index is 0.181. The number of likely N-dealkylation sites (tertiary alicyclic amines) is 1. The SMILES string of the molecule is CCOC(=O)c1[nH]c([C@@H]2CCCN2C(=O)OC(C)(C)C)nc1-c1ccc(C(=O)Nc2cc(OC)ccn2)cc1. The van der Waals surface area contributed by atoms with Crippen molar-refractivity contribution in [3.63, 3.8) is 0 Å². The highest BCUT2D eigenvalue weighted by Gasteiger charge is 2.36. The third-order valence-corrected chi connectivity index (χ3v) is 6.03. The first-order valence-electron chi connectivity index (χ1n) is 12.8. The molecule has 0 bridgehead atoms. The number of nitrogens with one attached hydrogen (secondary N) is 2. The van der Waals surface area contributed by atoms with Crippen molar-refractivity contribution in [1.82, 2.24) is 19.9 Å². The van der Waals surface area contributed by atoms with Gasteiger partial charge < -0.3 is 24.5 Å². The third kappa shape index (κ3) is 6.54. The molecule has 206 valence electrons. The topological polar surface area (TPSA) is 136 Å². The van der Waals surface area contributed by atoms with Crippen molar-refractivity contribution in [2.75, 3.05) is 25.6 Å². The van der Waals surface area contributed by atoms with Crippen molar-refractivity contribution in [3.8, 4) is 17.0 Å². The quantitative estimate of drug-likeness (QED) is 0.404. The molecule has 1 atom stereocenters. The number of methoxy groups -OCH3 is 1. The van der Waals surface area contributed by atoms with E-state index in [0.717, 1.165) is 6.42 Å². The van der Waals surface area contributed by atoms with Gasteiger partial charge in [-0.1, -0.05) is 12.1 Å². The Balaban J connectivity index is 1.60. The standard InChI is InChI=1S/C28H33N5O6/c1-6-38-26(35)23-22(31-24(32-23)20-8-7-15-33(20)27(36)39-28(2,3)4)17-9-11-18(12-10-17)25(34)30-21-16-19(37-5)13-14-29-21/h9-14,16,20H,6-8,15H2,1-5H3,(H,31,32)(H,29,30,34)/t20-/m0/s1. The summed E-state index contributed by atoms with van der Waals surface area (Å²) in [6.45, 7) is 7.89. The number of aromatic amines is 1. The highest BCUT2D eigenvalue weighted by Crippen LogP contribution is 2.34. The molecule has 1 saturated heterocycles. The maximum atomic E-state index is 12.8. The molecular formula is C28H33N5O6. The Hall–Kier alpha value is -4.41. The summed E-state index contributed by atoms with van der Waals surface area (Å²) < 4.78 is 16.0. The zero-order valence-corrected chi connectivity index (χ0v) is 22.7. The zero-order chi connectivity index (χ0) is 28.2. The van der Waals surface area contributed by atoms with Crippen LogP contribution in [0.1, 0.15) is 73.2 Å². The van der Waals surface area contributed by atoms with Crippen LogP contribution in [0.25, 0.3) is 11.3 Å². The second-order valence-electron chi connectivity index (χ2n) is 10.0. The third-order valence-electron chi connectivity index (χ3n) is 6.03. The Morgan fingerprint density at radius 3 is 2.56 bits per heavy atom. The molecule has 1 aliphatic rings. The molecule has 3 heterocycles. The van der Waals surface area contributed by atoms with E-state index in [1.54, 1.807) is 48.2 Å². The van der Waals surface area contributed by atoms with Crippen LogP contribution in [0.5, 0.6) is 5.75 Å². The Kier molecular flexibility index (Phi) is 8.18. The zero-order valence-electron chi connectivity index (χ0n) is 22.7. The van der Waals surface area contributed by atoms with Gasteiger partial charge in [0.15, 0.2) is 5.69 Å². The Labute approximate surface area is 226 Å². The van der Waals surface area contributed by atoms with Crippen molar-refractivity contribution in [2.24, 2.45) is 0 Å². The van der Waals surface area contributed by atoms with E-state index in [0.29, 0.717) is 47.2 Å². The first-order chi connectivity index (χ1) is 18.6. The van der Waals surface area contributed by atoms with E-state index in [1.165, 1.54) is 13.3 Å². The summed E-state index contributed by atoms with van der Waals surface area (Å²) in [7, 11) is 1.53. The molecule has 1 aromatic carbocycles. The summed E-state index contributed by atoms with van der Waals surface area (Å²) in [6.07, 6.45) is 2.56. The summed E-state index contributed by atoms with van der Waals surface area (Å²) in [5.74, 6) is 0.496. The van der Waals surface area contributed by atoms with E-state index < -0.39 is 17.7 Å². The van der Waals surface area contributed by atoms with Gasteiger partial charge in [0, 0.05) is 29.9 Å². The van der Waals surface area contributed by atoms with Gasteiger partial charge in [0.05, 0.1) is 19.8 Å². The molecule has 4 rings (SSSR count). The number of imidazole rings is 1. The maximum Gasteiger partial charge on any atom is 0.410 e. The van der Waals surface area contributed by atoms with Crippen LogP contribution in [0.3, 0.4) is 0 Å². The van der Waals surface area contributed by atoms with Gasteiger partial charge in [-0.25, -0.2) is 19.6 Å². The van der Waals surface area contributed by atoms with Crippen molar-refractivity contribution in [1.29, 1.82) is 0 Å². The molecule has 0 radical (unpaired) electrons. The van der Waals surface area contributed by atoms with Gasteiger partial charge in [-0.15, -0.1) is 0 Å². The van der Waals surface area contributed by atoms with E-state index >= 15 is 0 Å². The number of anilines is 1. The van der Waals surface area contributed by atoms with Crippen LogP contribution in [0.15, 0.2) is 42.6 Å². The van der Waals surface area contributed by atoms with Gasteiger partial charge in [0.1, 0.15) is 28.7 Å². The van der Waals surface area contributed by atoms with Crippen molar-refractivity contribution < 1.29 is 28.6 Å². The molecule has 1 fully saturated rings. The molecule has 0 unspecified atom stereocenters. The lowest BCUT2D eigenvalue weighted by molar-refractivity contribution is 0.0218. The Morgan fingerprint density at radius 2 is 1.90 bits per heavy atom. The average Bonchev–Trinajstić information content (AvgIpc) is 3.56. The first kappa shape index (κ1) is 27.6. The van der Waals surface area contributed by atoms with Crippen LogP contribution >= 0.6 is 0 Å². The fourth-order valence-corrected chi connectivity index (χ4v) is 4.27. The predicted molar refractivity (Wildman–Crippen MR) is 144 cm³/mol. The van der Waals surface area contributed by atoms with Gasteiger partial charge in [-0.3, -0.25) is 9.69 Å². The van der Waals surface area contributed by atoms with E-state index in [1.807, 2.05) is 20.8 Å². The van der Waals surface area contributed by atoms with Gasteiger partial charge in [0.2, 0.25) is 0 Å². The normalized spacial score (nSPS) is 15.1. The number of rotatable bonds is 7. The molecule has 39 heavy (non-hydrogen) atoms. The van der Waals surface area contributed by atoms with Crippen molar-refractivity contribution >= 4 is 23.8 Å². The molecule has 2 N–H and O–H groups in total. The summed E-state index contributed by atoms with van der Waals surface area (Å²) >= 11 is 0. The number of H-pyrrole nitrogens is 1. The number of nitrogens with zero attached hydrogens (tertiary/aromatic N) is 3. The molecule has 2 aromatic heterocycles. The smallest absolute Gasteiger partial charge is 0.410 e. The van der Waals surface area contributed by atoms with Crippen LogP contribution in [0.2, 0.25) is 0 Å². The summed E-state index contributed by atoms with van der Waals surface area (Å²) in [5.41, 5.74) is 0.925. The molecule has 11 nitrogen and oxygen atoms in total. The van der Waals surface area contributed by atoms with Crippen LogP contribution in [0.4, 0.5) is 10.6 Å². The number of hydrogen-bond acceptors (Lipinski definition) is 8. The van der Waals surface area contributed by atoms with Crippen LogP contribution < -0.4 is 10.1 Å².